The van der Waals surface area contributed by atoms with Gasteiger partial charge in [-0.15, -0.1) is 0 Å². The molecule has 0 fully saturated rings. The van der Waals surface area contributed by atoms with Gasteiger partial charge in [0.25, 0.3) is 5.91 Å². The lowest BCUT2D eigenvalue weighted by Crippen LogP contribution is -2.16. The lowest BCUT2D eigenvalue weighted by atomic mass is 10.0. The highest BCUT2D eigenvalue weighted by atomic mass is 19.4. The molecular weight excluding hydrogens is 456 g/mol. The number of pyridine rings is 1. The van der Waals surface area contributed by atoms with Gasteiger partial charge in [0.05, 0.1) is 28.2 Å². The average Bonchev–Trinajstić information content (AvgIpc) is 3.09. The summed E-state index contributed by atoms with van der Waals surface area (Å²) in [5.74, 6) is -2.35. The first-order valence-electron chi connectivity index (χ1n) is 10.3. The van der Waals surface area contributed by atoms with E-state index < -0.39 is 29.4 Å². The van der Waals surface area contributed by atoms with Gasteiger partial charge < -0.3 is 10.5 Å². The van der Waals surface area contributed by atoms with Gasteiger partial charge >= 0.3 is 12.1 Å². The quantitative estimate of drug-likeness (QED) is 0.413. The van der Waals surface area contributed by atoms with Crippen LogP contribution in [0.15, 0.2) is 36.5 Å². The van der Waals surface area contributed by atoms with E-state index in [9.17, 15) is 27.2 Å². The fourth-order valence-electron chi connectivity index (χ4n) is 3.23. The Balaban J connectivity index is 0.00000199. The summed E-state index contributed by atoms with van der Waals surface area (Å²) < 4.78 is 59.0. The van der Waals surface area contributed by atoms with Crippen molar-refractivity contribution in [2.75, 3.05) is 0 Å². The molecule has 0 aliphatic carbocycles. The lowest BCUT2D eigenvalue weighted by molar-refractivity contribution is -0.142. The predicted octanol–water partition coefficient (Wildman–Crippen LogP) is 4.51. The molecule has 2 heterocycles. The van der Waals surface area contributed by atoms with Crippen LogP contribution in [0, 0.1) is 12.7 Å². The highest BCUT2D eigenvalue weighted by Gasteiger charge is 2.31. The van der Waals surface area contributed by atoms with Crippen molar-refractivity contribution >= 4 is 11.9 Å². The number of nitrogens with two attached hydrogens (primary N) is 1. The van der Waals surface area contributed by atoms with Crippen molar-refractivity contribution in [1.29, 1.82) is 0 Å². The van der Waals surface area contributed by atoms with Crippen molar-refractivity contribution in [2.45, 2.75) is 46.9 Å². The summed E-state index contributed by atoms with van der Waals surface area (Å²) in [4.78, 5) is 27.2. The third kappa shape index (κ3) is 6.40. The zero-order chi connectivity index (χ0) is 25.6. The first-order valence-corrected chi connectivity index (χ1v) is 10.3. The first-order chi connectivity index (χ1) is 16.0. The van der Waals surface area contributed by atoms with E-state index in [2.05, 4.69) is 10.1 Å². The number of aryl methyl sites for hydroxylation is 1. The average molecular weight is 480 g/mol. The first kappa shape index (κ1) is 26.5. The van der Waals surface area contributed by atoms with Crippen molar-refractivity contribution in [3.63, 3.8) is 0 Å². The largest absolute Gasteiger partial charge is 0.459 e. The second-order valence-electron chi connectivity index (χ2n) is 6.99. The van der Waals surface area contributed by atoms with Crippen molar-refractivity contribution in [1.82, 2.24) is 14.8 Å². The van der Waals surface area contributed by atoms with E-state index in [4.69, 9.17) is 10.5 Å². The monoisotopic (exact) mass is 480 g/mol. The molecule has 34 heavy (non-hydrogen) atoms. The Hall–Kier alpha value is -3.76. The molecule has 0 aliphatic heterocycles. The molecule has 0 radical (unpaired) electrons. The molecule has 0 unspecified atom stereocenters. The molecule has 7 nitrogen and oxygen atoms in total. The second-order valence-corrected chi connectivity index (χ2v) is 6.99. The van der Waals surface area contributed by atoms with E-state index in [1.54, 1.807) is 13.0 Å². The number of ether oxygens (including phenoxy) is 1. The standard InChI is InChI=1S/C21H18F4N4O3.C2H6/c1-11-19(20(26)31)18(10-32-12(2)30)29(28-11)17-3-4-27-16(9-17)7-13-5-14(21(23,24)25)8-15(22)6-13;1-2/h3-6,8-9H,7,10H2,1-2H3,(H2,26,31);1-2H3. The fourth-order valence-corrected chi connectivity index (χ4v) is 3.23. The fraction of sp³-hybridized carbons (Fsp3) is 0.304. The van der Waals surface area contributed by atoms with Crippen LogP contribution in [-0.4, -0.2) is 26.6 Å². The Morgan fingerprint density at radius 1 is 1.15 bits per heavy atom. The topological polar surface area (TPSA) is 100 Å². The number of alkyl halides is 3. The van der Waals surface area contributed by atoms with E-state index in [1.165, 1.54) is 23.9 Å². The number of carbonyl (C=O) groups is 2. The molecule has 3 rings (SSSR count). The molecule has 0 atom stereocenters. The van der Waals surface area contributed by atoms with E-state index >= 15 is 0 Å². The third-order valence-corrected chi connectivity index (χ3v) is 4.53. The Morgan fingerprint density at radius 3 is 2.41 bits per heavy atom. The number of hydrogen-bond acceptors (Lipinski definition) is 5. The van der Waals surface area contributed by atoms with Crippen LogP contribution in [0.3, 0.4) is 0 Å². The van der Waals surface area contributed by atoms with Crippen LogP contribution < -0.4 is 5.73 Å². The summed E-state index contributed by atoms with van der Waals surface area (Å²) in [5, 5.41) is 4.28. The molecule has 1 aromatic carbocycles. The SMILES string of the molecule is CC.CC(=O)OCc1c(C(N)=O)c(C)nn1-c1ccnc(Cc2cc(F)cc(C(F)(F)F)c2)c1. The van der Waals surface area contributed by atoms with Gasteiger partial charge in [-0.2, -0.15) is 18.3 Å². The third-order valence-electron chi connectivity index (χ3n) is 4.53. The van der Waals surface area contributed by atoms with Gasteiger partial charge in [0, 0.05) is 25.2 Å². The highest BCUT2D eigenvalue weighted by Crippen LogP contribution is 2.31. The molecule has 2 aromatic heterocycles. The zero-order valence-electron chi connectivity index (χ0n) is 19.0. The number of hydrogen-bond donors (Lipinski definition) is 1. The maximum Gasteiger partial charge on any atom is 0.416 e. The van der Waals surface area contributed by atoms with Gasteiger partial charge in [-0.1, -0.05) is 13.8 Å². The normalized spacial score (nSPS) is 10.9. The molecule has 3 aromatic rings. The lowest BCUT2D eigenvalue weighted by Gasteiger charge is -2.11. The van der Waals surface area contributed by atoms with Gasteiger partial charge in [-0.05, 0) is 42.8 Å². The molecule has 0 bridgehead atoms. The van der Waals surface area contributed by atoms with Crippen molar-refractivity contribution in [3.05, 3.63) is 76.1 Å². The zero-order valence-corrected chi connectivity index (χ0v) is 19.0. The van der Waals surface area contributed by atoms with Crippen molar-refractivity contribution in [3.8, 4) is 5.69 Å². The number of primary amides is 1. The molecule has 2 N–H and O–H groups in total. The second kappa shape index (κ2) is 10.9. The molecule has 0 aliphatic rings. The van der Waals surface area contributed by atoms with Gasteiger partial charge in [-0.3, -0.25) is 14.6 Å². The van der Waals surface area contributed by atoms with E-state index in [1.807, 2.05) is 13.8 Å². The number of halogens is 4. The van der Waals surface area contributed by atoms with E-state index in [0.717, 1.165) is 12.1 Å². The molecule has 0 saturated carbocycles. The van der Waals surface area contributed by atoms with Crippen molar-refractivity contribution in [2.24, 2.45) is 5.73 Å². The number of amides is 1. The summed E-state index contributed by atoms with van der Waals surface area (Å²) in [7, 11) is 0. The molecule has 182 valence electrons. The van der Waals surface area contributed by atoms with Crippen molar-refractivity contribution < 1.29 is 31.9 Å². The number of rotatable bonds is 6. The maximum atomic E-state index is 13.7. The van der Waals surface area contributed by atoms with Crippen LogP contribution in [0.2, 0.25) is 0 Å². The molecule has 1 amide bonds. The van der Waals surface area contributed by atoms with E-state index in [0.29, 0.717) is 23.1 Å². The van der Waals surface area contributed by atoms with Crippen LogP contribution in [0.25, 0.3) is 5.69 Å². The Labute approximate surface area is 193 Å². The minimum Gasteiger partial charge on any atom is -0.459 e. The molecule has 0 saturated heterocycles. The summed E-state index contributed by atoms with van der Waals surface area (Å²) in [6, 6.07) is 5.34. The van der Waals surface area contributed by atoms with Gasteiger partial charge in [0.2, 0.25) is 0 Å². The summed E-state index contributed by atoms with van der Waals surface area (Å²) in [6.07, 6.45) is -3.38. The van der Waals surface area contributed by atoms with E-state index in [-0.39, 0.29) is 29.8 Å². The minimum atomic E-state index is -4.69. The number of benzene rings is 1. The minimum absolute atomic E-state index is 0.0802. The number of aromatic nitrogens is 3. The molecular formula is C23H24F4N4O3. The Morgan fingerprint density at radius 2 is 1.82 bits per heavy atom. The summed E-state index contributed by atoms with van der Waals surface area (Å²) in [5.41, 5.74) is 5.77. The highest BCUT2D eigenvalue weighted by molar-refractivity contribution is 5.95. The van der Waals surface area contributed by atoms with Crippen LogP contribution in [0.5, 0.6) is 0 Å². The Kier molecular flexibility index (Phi) is 8.50. The maximum absolute atomic E-state index is 13.7. The van der Waals surface area contributed by atoms with Crippen LogP contribution in [0.1, 0.15) is 59.3 Å². The smallest absolute Gasteiger partial charge is 0.416 e. The summed E-state index contributed by atoms with van der Waals surface area (Å²) in [6.45, 7) is 6.49. The predicted molar refractivity (Wildman–Crippen MR) is 116 cm³/mol. The van der Waals surface area contributed by atoms with Crippen LogP contribution in [0.4, 0.5) is 17.6 Å². The van der Waals surface area contributed by atoms with Gasteiger partial charge in [0.1, 0.15) is 12.4 Å². The molecule has 0 spiro atoms. The number of carbonyl (C=O) groups excluding carboxylic acids is 2. The number of nitrogens with zero attached hydrogens (tertiary/aromatic N) is 3. The van der Waals surface area contributed by atoms with Crippen LogP contribution >= 0.6 is 0 Å². The number of esters is 1. The van der Waals surface area contributed by atoms with Gasteiger partial charge in [0.15, 0.2) is 0 Å². The Bertz CT molecular complexity index is 1190. The van der Waals surface area contributed by atoms with Crippen LogP contribution in [-0.2, 0) is 28.7 Å². The van der Waals surface area contributed by atoms with Gasteiger partial charge in [-0.25, -0.2) is 9.07 Å². The summed E-state index contributed by atoms with van der Waals surface area (Å²) >= 11 is 0. The molecule has 11 heteroatoms.